The van der Waals surface area contributed by atoms with Crippen LogP contribution >= 0.6 is 0 Å². The van der Waals surface area contributed by atoms with Gasteiger partial charge in [-0.15, -0.1) is 0 Å². The van der Waals surface area contributed by atoms with Crippen molar-refractivity contribution >= 4 is 5.91 Å². The minimum absolute atomic E-state index is 0.111. The summed E-state index contributed by atoms with van der Waals surface area (Å²) >= 11 is 0. The van der Waals surface area contributed by atoms with Gasteiger partial charge in [-0.25, -0.2) is 0 Å². The number of likely N-dealkylation sites (tertiary alicyclic amines) is 1. The molecule has 2 bridgehead atoms. The normalized spacial score (nSPS) is 40.3. The van der Waals surface area contributed by atoms with Crippen LogP contribution in [0, 0.1) is 23.7 Å². The molecule has 3 rings (SSSR count). The molecule has 2 aliphatic carbocycles. The van der Waals surface area contributed by atoms with Crippen molar-refractivity contribution in [2.24, 2.45) is 29.4 Å². The first-order valence-electron chi connectivity index (χ1n) is 8.32. The van der Waals surface area contributed by atoms with Gasteiger partial charge < -0.3 is 15.4 Å². The zero-order chi connectivity index (χ0) is 14.1. The second-order valence-corrected chi connectivity index (χ2v) is 6.89. The lowest BCUT2D eigenvalue weighted by molar-refractivity contribution is -0.140. The summed E-state index contributed by atoms with van der Waals surface area (Å²) in [5, 5.41) is 0. The van der Waals surface area contributed by atoms with Gasteiger partial charge in [0.25, 0.3) is 0 Å². The molecular weight excluding hydrogens is 252 g/mol. The quantitative estimate of drug-likeness (QED) is 0.851. The number of hydrogen-bond donors (Lipinski definition) is 1. The predicted octanol–water partition coefficient (Wildman–Crippen LogP) is 1.63. The van der Waals surface area contributed by atoms with Crippen LogP contribution in [0.3, 0.4) is 0 Å². The zero-order valence-electron chi connectivity index (χ0n) is 12.6. The summed E-state index contributed by atoms with van der Waals surface area (Å²) in [4.78, 5) is 14.9. The van der Waals surface area contributed by atoms with Crippen molar-refractivity contribution < 1.29 is 9.53 Å². The molecule has 3 aliphatic rings. The van der Waals surface area contributed by atoms with Crippen LogP contribution in [0.4, 0.5) is 0 Å². The molecule has 0 aromatic carbocycles. The largest absolute Gasteiger partial charge is 0.381 e. The van der Waals surface area contributed by atoms with Gasteiger partial charge in [-0.1, -0.05) is 0 Å². The molecule has 2 N–H and O–H groups in total. The summed E-state index contributed by atoms with van der Waals surface area (Å²) in [6.07, 6.45) is 5.94. The summed E-state index contributed by atoms with van der Waals surface area (Å²) in [6.45, 7) is 5.38. The lowest BCUT2D eigenvalue weighted by Crippen LogP contribution is -2.50. The minimum Gasteiger partial charge on any atom is -0.381 e. The van der Waals surface area contributed by atoms with Crippen LogP contribution in [-0.2, 0) is 9.53 Å². The van der Waals surface area contributed by atoms with Gasteiger partial charge in [-0.2, -0.15) is 0 Å². The molecule has 3 fully saturated rings. The van der Waals surface area contributed by atoms with Crippen LogP contribution in [0.15, 0.2) is 0 Å². The maximum Gasteiger partial charge on any atom is 0.227 e. The van der Waals surface area contributed by atoms with E-state index in [2.05, 4.69) is 4.90 Å². The second-order valence-electron chi connectivity index (χ2n) is 6.89. The van der Waals surface area contributed by atoms with Gasteiger partial charge in [0.15, 0.2) is 0 Å². The van der Waals surface area contributed by atoms with Gasteiger partial charge in [0, 0.05) is 25.7 Å². The third-order valence-corrected chi connectivity index (χ3v) is 5.65. The Bertz CT molecular complexity index is 358. The average molecular weight is 280 g/mol. The van der Waals surface area contributed by atoms with E-state index >= 15 is 0 Å². The number of nitrogens with two attached hydrogens (primary N) is 1. The number of amides is 1. The third-order valence-electron chi connectivity index (χ3n) is 5.65. The molecule has 0 spiro atoms. The number of piperidine rings is 1. The van der Waals surface area contributed by atoms with Gasteiger partial charge in [-0.05, 0) is 56.8 Å². The second kappa shape index (κ2) is 6.02. The molecule has 2 saturated carbocycles. The summed E-state index contributed by atoms with van der Waals surface area (Å²) in [5.41, 5.74) is 6.31. The Labute approximate surface area is 122 Å². The summed E-state index contributed by atoms with van der Waals surface area (Å²) < 4.78 is 5.53. The molecule has 114 valence electrons. The van der Waals surface area contributed by atoms with E-state index in [9.17, 15) is 4.79 Å². The Balaban J connectivity index is 1.59. The highest BCUT2D eigenvalue weighted by Gasteiger charge is 2.50. The number of rotatable bonds is 4. The molecular formula is C16H28N2O2. The fraction of sp³-hybridized carbons (Fsp3) is 0.938. The van der Waals surface area contributed by atoms with Gasteiger partial charge in [-0.3, -0.25) is 4.79 Å². The molecule has 5 unspecified atom stereocenters. The summed E-state index contributed by atoms with van der Waals surface area (Å²) in [5.74, 6) is 2.14. The van der Waals surface area contributed by atoms with Crippen LogP contribution in [0.25, 0.3) is 0 Å². The fourth-order valence-electron chi connectivity index (χ4n) is 4.60. The van der Waals surface area contributed by atoms with E-state index in [0.717, 1.165) is 32.7 Å². The highest BCUT2D eigenvalue weighted by Crippen LogP contribution is 2.48. The molecule has 1 heterocycles. The Morgan fingerprint density at radius 1 is 1.30 bits per heavy atom. The molecule has 1 saturated heterocycles. The van der Waals surface area contributed by atoms with Crippen molar-refractivity contribution in [3.63, 3.8) is 0 Å². The number of carbonyl (C=O) groups excluding carboxylic acids is 1. The predicted molar refractivity (Wildman–Crippen MR) is 78.1 cm³/mol. The topological polar surface area (TPSA) is 55.6 Å². The number of fused-ring (bicyclic) bond motifs is 2. The first-order chi connectivity index (χ1) is 9.70. The van der Waals surface area contributed by atoms with Gasteiger partial charge in [0.1, 0.15) is 0 Å². The van der Waals surface area contributed by atoms with Crippen LogP contribution in [0.5, 0.6) is 0 Å². The number of ether oxygens (including phenoxy) is 1. The number of carbonyl (C=O) groups is 1. The standard InChI is InChI=1S/C16H28N2O2/c1-2-20-10-11-4-3-7-18(9-11)16(19)14-12-5-6-13(8-12)15(14)17/h11-15H,2-10,17H2,1H3. The van der Waals surface area contributed by atoms with Crippen LogP contribution in [-0.4, -0.2) is 43.2 Å². The molecule has 0 radical (unpaired) electrons. The van der Waals surface area contributed by atoms with Gasteiger partial charge >= 0.3 is 0 Å². The average Bonchev–Trinajstić information content (AvgIpc) is 3.05. The van der Waals surface area contributed by atoms with E-state index in [4.69, 9.17) is 10.5 Å². The molecule has 4 nitrogen and oxygen atoms in total. The van der Waals surface area contributed by atoms with Crippen molar-refractivity contribution in [3.8, 4) is 0 Å². The monoisotopic (exact) mass is 280 g/mol. The number of nitrogens with zero attached hydrogens (tertiary/aromatic N) is 1. The van der Waals surface area contributed by atoms with Crippen molar-refractivity contribution in [2.75, 3.05) is 26.3 Å². The molecule has 20 heavy (non-hydrogen) atoms. The van der Waals surface area contributed by atoms with Crippen LogP contribution in [0.1, 0.15) is 39.0 Å². The van der Waals surface area contributed by atoms with E-state index in [0.29, 0.717) is 23.7 Å². The molecule has 4 heteroatoms. The lowest BCUT2D eigenvalue weighted by atomic mass is 9.83. The maximum absolute atomic E-state index is 12.8. The Morgan fingerprint density at radius 3 is 2.80 bits per heavy atom. The minimum atomic E-state index is 0.111. The zero-order valence-corrected chi connectivity index (χ0v) is 12.6. The molecule has 0 aromatic rings. The first-order valence-corrected chi connectivity index (χ1v) is 8.32. The molecule has 5 atom stereocenters. The van der Waals surface area contributed by atoms with Crippen molar-refractivity contribution in [2.45, 2.75) is 45.1 Å². The van der Waals surface area contributed by atoms with Crippen molar-refractivity contribution in [3.05, 3.63) is 0 Å². The molecule has 1 amide bonds. The molecule has 1 aliphatic heterocycles. The van der Waals surface area contributed by atoms with E-state index in [1.807, 2.05) is 6.92 Å². The Hall–Kier alpha value is -0.610. The summed E-state index contributed by atoms with van der Waals surface area (Å²) in [6, 6.07) is 0.119. The van der Waals surface area contributed by atoms with E-state index in [-0.39, 0.29) is 12.0 Å². The number of hydrogen-bond acceptors (Lipinski definition) is 3. The fourth-order valence-corrected chi connectivity index (χ4v) is 4.60. The lowest BCUT2D eigenvalue weighted by Gasteiger charge is -2.37. The van der Waals surface area contributed by atoms with Gasteiger partial charge in [0.2, 0.25) is 5.91 Å². The molecule has 0 aromatic heterocycles. The van der Waals surface area contributed by atoms with E-state index in [1.165, 1.54) is 25.7 Å². The van der Waals surface area contributed by atoms with Crippen molar-refractivity contribution in [1.29, 1.82) is 0 Å². The van der Waals surface area contributed by atoms with Crippen molar-refractivity contribution in [1.82, 2.24) is 4.90 Å². The first kappa shape index (κ1) is 14.3. The highest BCUT2D eigenvalue weighted by molar-refractivity contribution is 5.80. The maximum atomic E-state index is 12.8. The Kier molecular flexibility index (Phi) is 4.32. The van der Waals surface area contributed by atoms with Gasteiger partial charge in [0.05, 0.1) is 12.5 Å². The smallest absolute Gasteiger partial charge is 0.227 e. The SMILES string of the molecule is CCOCC1CCCN(C(=O)C2C3CCC(C3)C2N)C1. The van der Waals surface area contributed by atoms with Crippen LogP contribution in [0.2, 0.25) is 0 Å². The highest BCUT2D eigenvalue weighted by atomic mass is 16.5. The summed E-state index contributed by atoms with van der Waals surface area (Å²) in [7, 11) is 0. The third kappa shape index (κ3) is 2.60. The van der Waals surface area contributed by atoms with Crippen LogP contribution < -0.4 is 5.73 Å². The van der Waals surface area contributed by atoms with E-state index in [1.54, 1.807) is 0 Å². The van der Waals surface area contributed by atoms with E-state index < -0.39 is 0 Å². The Morgan fingerprint density at radius 2 is 2.10 bits per heavy atom.